The number of amides is 13. The number of ether oxygens (including phenoxy) is 7. The van der Waals surface area contributed by atoms with Crippen LogP contribution in [0.25, 0.3) is 0 Å². The first-order chi connectivity index (χ1) is 63.6. The number of phosphoric ester groups is 1. The summed E-state index contributed by atoms with van der Waals surface area (Å²) in [6.45, 7) is 1.89. The molecule has 4 aliphatic heterocycles. The summed E-state index contributed by atoms with van der Waals surface area (Å²) in [6, 6.07) is -0.426. The zero-order valence-electron chi connectivity index (χ0n) is 76.7. The lowest BCUT2D eigenvalue weighted by molar-refractivity contribution is -0.270. The van der Waals surface area contributed by atoms with Crippen LogP contribution < -0.4 is 68.5 Å². The minimum Gasteiger partial charge on any atom is -0.494 e. The molecule has 22 N–H and O–H groups in total. The third-order valence-electron chi connectivity index (χ3n) is 22.1. The molecule has 48 heteroatoms. The van der Waals surface area contributed by atoms with E-state index in [0.717, 1.165) is 38.5 Å². The van der Waals surface area contributed by atoms with Crippen LogP contribution in [-0.2, 0) is 99.3 Å². The molecule has 1 aromatic rings. The molecular weight excluding hydrogens is 1780 g/mol. The molecule has 0 saturated carbocycles. The molecule has 758 valence electrons. The Kier molecular flexibility index (Phi) is 55.2. The van der Waals surface area contributed by atoms with E-state index in [1.54, 1.807) is 0 Å². The van der Waals surface area contributed by atoms with E-state index in [2.05, 4.69) is 63.8 Å². The average Bonchev–Trinajstić information content (AvgIpc) is 0.806. The molecule has 4 fully saturated rings. The molecule has 16 unspecified atom stereocenters. The number of benzene rings is 1. The third-order valence-corrected chi connectivity index (χ3v) is 23.6. The number of nitrogens with zero attached hydrogens (tertiary/aromatic N) is 1. The minimum atomic E-state index is -3.78. The predicted octanol–water partition coefficient (Wildman–Crippen LogP) is -3.93. The van der Waals surface area contributed by atoms with Gasteiger partial charge < -0.3 is 153 Å². The van der Waals surface area contributed by atoms with E-state index in [4.69, 9.17) is 46.7 Å². The molecular formula is C85H144N13O34P. The Balaban J connectivity index is 1.10. The zero-order valence-corrected chi connectivity index (χ0v) is 77.6. The lowest BCUT2D eigenvalue weighted by Gasteiger charge is -2.42. The lowest BCUT2D eigenvalue weighted by Crippen LogP contribution is -2.64. The van der Waals surface area contributed by atoms with E-state index in [9.17, 15) is 118 Å². The first-order valence-corrected chi connectivity index (χ1v) is 47.3. The first kappa shape index (κ1) is 115. The van der Waals surface area contributed by atoms with Gasteiger partial charge in [-0.1, -0.05) is 38.5 Å². The van der Waals surface area contributed by atoms with Crippen molar-refractivity contribution < 1.29 is 165 Å². The highest BCUT2D eigenvalue weighted by atomic mass is 31.2. The van der Waals surface area contributed by atoms with Gasteiger partial charge in [0.15, 0.2) is 18.9 Å². The number of aliphatic hydroxyl groups is 10. The maximum absolute atomic E-state index is 14.0. The molecule has 0 radical (unpaired) electrons. The minimum absolute atomic E-state index is 0.00683. The molecule has 47 nitrogen and oxygen atoms in total. The fourth-order valence-corrected chi connectivity index (χ4v) is 15.7. The van der Waals surface area contributed by atoms with Gasteiger partial charge in [0.1, 0.15) is 84.9 Å². The van der Waals surface area contributed by atoms with Crippen molar-refractivity contribution in [2.75, 3.05) is 119 Å². The van der Waals surface area contributed by atoms with Crippen LogP contribution in [0.4, 0.5) is 0 Å². The fraction of sp³-hybridized carbons (Fsp3) is 0.776. The van der Waals surface area contributed by atoms with Crippen molar-refractivity contribution in [1.29, 1.82) is 0 Å². The van der Waals surface area contributed by atoms with Gasteiger partial charge in [-0.3, -0.25) is 75.9 Å². The summed E-state index contributed by atoms with van der Waals surface area (Å²) >= 11 is 0. The van der Waals surface area contributed by atoms with E-state index in [1.807, 2.05) is 0 Å². The van der Waals surface area contributed by atoms with Gasteiger partial charge in [0.2, 0.25) is 65.3 Å². The Morgan fingerprint density at radius 3 is 1.25 bits per heavy atom. The van der Waals surface area contributed by atoms with Crippen molar-refractivity contribution in [1.82, 2.24) is 68.7 Å². The molecule has 0 aromatic heterocycles. The largest absolute Gasteiger partial charge is 0.494 e. The SMILES string of the molecule is COP(=O)(OC)OC1CCCN(C(=O)[C@H](O)NC(=O)CCCCCCCCCCC(=O)NCCCCCOc2cc(C(=O)NCCNC(=O)CNC(=O)CCCCOC3OC(CO)C(O)C(O)C3NC(C)=O)cc(C(=O)NCCNC(=O)[C@H](CCCCNC(=O)CCCCOC3OC(CO)C(O)C(O)C3NC(C)=O)NC(=O)CCCCOC3OC(CO)C(O)C(O)C3NC(C)=O)c2)C1. The van der Waals surface area contributed by atoms with E-state index < -0.39 is 209 Å². The number of piperidine rings is 1. The number of carbonyl (C=O) groups excluding carboxylic acids is 13. The van der Waals surface area contributed by atoms with Crippen LogP contribution in [0.2, 0.25) is 0 Å². The van der Waals surface area contributed by atoms with Crippen molar-refractivity contribution in [3.05, 3.63) is 29.3 Å². The van der Waals surface area contributed by atoms with Crippen LogP contribution in [0, 0.1) is 0 Å². The van der Waals surface area contributed by atoms with Crippen LogP contribution in [0.15, 0.2) is 18.2 Å². The highest BCUT2D eigenvalue weighted by molar-refractivity contribution is 7.48. The molecule has 0 spiro atoms. The average molecular weight is 1920 g/mol. The summed E-state index contributed by atoms with van der Waals surface area (Å²) in [4.78, 5) is 169. The molecule has 5 rings (SSSR count). The third kappa shape index (κ3) is 43.7. The van der Waals surface area contributed by atoms with Gasteiger partial charge in [0.05, 0.1) is 39.1 Å². The number of likely N-dealkylation sites (tertiary alicyclic amines) is 1. The molecule has 0 bridgehead atoms. The van der Waals surface area contributed by atoms with Gasteiger partial charge in [-0.15, -0.1) is 0 Å². The molecule has 4 heterocycles. The van der Waals surface area contributed by atoms with Gasteiger partial charge >= 0.3 is 7.82 Å². The fourth-order valence-electron chi connectivity index (χ4n) is 14.8. The number of hydrogen-bond donors (Lipinski definition) is 22. The highest BCUT2D eigenvalue weighted by Gasteiger charge is 2.48. The quantitative estimate of drug-likeness (QED) is 0.0168. The van der Waals surface area contributed by atoms with Gasteiger partial charge in [-0.05, 0) is 121 Å². The number of aliphatic hydroxyl groups excluding tert-OH is 10. The second kappa shape index (κ2) is 63.8. The van der Waals surface area contributed by atoms with Gasteiger partial charge in [0.25, 0.3) is 17.7 Å². The maximum atomic E-state index is 14.0. The summed E-state index contributed by atoms with van der Waals surface area (Å²) in [5, 5.41) is 134. The number of phosphoric acid groups is 1. The molecule has 1 aromatic carbocycles. The Labute approximate surface area is 773 Å². The van der Waals surface area contributed by atoms with E-state index >= 15 is 0 Å². The summed E-state index contributed by atoms with van der Waals surface area (Å²) in [6.07, 6.45) is -6.34. The second-order valence-corrected chi connectivity index (χ2v) is 34.8. The highest BCUT2D eigenvalue weighted by Crippen LogP contribution is 2.49. The van der Waals surface area contributed by atoms with Crippen molar-refractivity contribution in [3.8, 4) is 5.75 Å². The van der Waals surface area contributed by atoms with Crippen molar-refractivity contribution >= 4 is 84.6 Å². The van der Waals surface area contributed by atoms with Crippen LogP contribution in [0.1, 0.15) is 215 Å². The van der Waals surface area contributed by atoms with Crippen LogP contribution in [-0.4, -0.2) is 362 Å². The normalized spacial score (nSPS) is 23.4. The van der Waals surface area contributed by atoms with Crippen LogP contribution in [0.3, 0.4) is 0 Å². The number of carbonyl (C=O) groups is 13. The molecule has 13 amide bonds. The van der Waals surface area contributed by atoms with Crippen LogP contribution >= 0.6 is 7.82 Å². The molecule has 0 aliphatic carbocycles. The van der Waals surface area contributed by atoms with E-state index in [-0.39, 0.29) is 139 Å². The summed E-state index contributed by atoms with van der Waals surface area (Å²) < 4.78 is 67.5. The van der Waals surface area contributed by atoms with Gasteiger partial charge in [-0.25, -0.2) is 4.57 Å². The summed E-state index contributed by atoms with van der Waals surface area (Å²) in [7, 11) is -1.42. The van der Waals surface area contributed by atoms with E-state index in [1.165, 1.54) is 58.1 Å². The standard InChI is InChI=1S/C85H144N13O34P/c1-52(102)93-69-75(114)72(111)60(49-99)129-83(69)126-41-22-16-29-64(106)87-34-20-15-27-59(96-66(108)32-18-24-43-128-85-71(95-54(3)104)77(116)74(113)62(51-101)131-85)80(119)91-38-37-90-79(118)56-44-55(78(117)89-36-35-88-68(110)47-92-65(107)30-17-23-42-127-84-70(94-53(2)103)76(115)73(112)61(50-100)130-84)45-58(46-56)125-40-21-12-19-33-86-63(105)28-13-10-8-6-7-9-11-14-31-67(109)97-81(120)82(121)98-39-25-26-57(48-98)132-133(122,123-4)124-5/h44-46,57,59-62,69-77,81,83-85,99-101,111-116,120H,6-43,47-51H2,1-5H3,(H,86,105)(H,87,106)(H,88,110)(H,89,117)(H,90,118)(H,91,119)(H,92,107)(H,93,102)(H,94,103)(H,95,104)(H,96,108)(H,97,109)/t57?,59-,60?,61?,62?,69?,70?,71?,72?,73?,74?,75?,76?,77?,81-,83?,84?,85?/m0/s1. The van der Waals surface area contributed by atoms with Crippen molar-refractivity contribution in [2.45, 2.75) is 304 Å². The summed E-state index contributed by atoms with van der Waals surface area (Å²) in [5.74, 6) is -6.52. The Hall–Kier alpha value is -8.40. The monoisotopic (exact) mass is 1920 g/mol. The molecule has 18 atom stereocenters. The molecule has 133 heavy (non-hydrogen) atoms. The smallest absolute Gasteiger partial charge is 0.474 e. The number of unbranched alkanes of at least 4 members (excludes halogenated alkanes) is 13. The van der Waals surface area contributed by atoms with Crippen molar-refractivity contribution in [2.24, 2.45) is 0 Å². The second-order valence-electron chi connectivity index (χ2n) is 32.9. The van der Waals surface area contributed by atoms with Gasteiger partial charge in [0, 0.05) is 150 Å². The Morgan fingerprint density at radius 2 is 0.812 bits per heavy atom. The summed E-state index contributed by atoms with van der Waals surface area (Å²) in [5.41, 5.74) is -0.0230. The van der Waals surface area contributed by atoms with Crippen molar-refractivity contribution in [3.63, 3.8) is 0 Å². The molecule has 4 saturated heterocycles. The number of rotatable bonds is 65. The Morgan fingerprint density at radius 1 is 0.436 bits per heavy atom. The Bertz CT molecular complexity index is 3790. The van der Waals surface area contributed by atoms with Gasteiger partial charge in [-0.2, -0.15) is 0 Å². The van der Waals surface area contributed by atoms with E-state index in [0.29, 0.717) is 103 Å². The molecule has 4 aliphatic rings. The predicted molar refractivity (Wildman–Crippen MR) is 469 cm³/mol. The first-order valence-electron chi connectivity index (χ1n) is 45.8. The number of hydrogen-bond acceptors (Lipinski definition) is 34. The zero-order chi connectivity index (χ0) is 97.8. The number of nitrogens with one attached hydrogen (secondary N) is 12. The van der Waals surface area contributed by atoms with Crippen LogP contribution in [0.5, 0.6) is 5.75 Å². The topological polar surface area (TPSA) is 681 Å². The lowest BCUT2D eigenvalue weighted by atomic mass is 9.97. The maximum Gasteiger partial charge on any atom is 0.474 e.